The van der Waals surface area contributed by atoms with E-state index >= 15 is 0 Å². The van der Waals surface area contributed by atoms with Crippen molar-refractivity contribution < 1.29 is 8.78 Å². The topological polar surface area (TPSA) is 24.9 Å². The molecule has 0 aliphatic carbocycles. The van der Waals surface area contributed by atoms with E-state index in [1.54, 1.807) is 6.07 Å². The molecule has 0 bridgehead atoms. The van der Waals surface area contributed by atoms with E-state index in [1.807, 2.05) is 19.2 Å². The van der Waals surface area contributed by atoms with E-state index in [1.165, 1.54) is 17.7 Å². The molecule has 0 amide bonds. The number of aromatic nitrogens is 1. The second-order valence-corrected chi connectivity index (χ2v) is 5.00. The second-order valence-electron chi connectivity index (χ2n) is 5.00. The number of benzene rings is 1. The van der Waals surface area contributed by atoms with E-state index in [2.05, 4.69) is 23.3 Å². The zero-order chi connectivity index (χ0) is 15.2. The van der Waals surface area contributed by atoms with Crippen LogP contribution in [0.4, 0.5) is 8.78 Å². The summed E-state index contributed by atoms with van der Waals surface area (Å²) < 4.78 is 26.4. The van der Waals surface area contributed by atoms with Crippen molar-refractivity contribution in [1.29, 1.82) is 0 Å². The van der Waals surface area contributed by atoms with Gasteiger partial charge in [0.15, 0.2) is 11.6 Å². The van der Waals surface area contributed by atoms with Crippen molar-refractivity contribution in [2.24, 2.45) is 0 Å². The molecule has 0 saturated heterocycles. The molecule has 1 aromatic heterocycles. The van der Waals surface area contributed by atoms with Gasteiger partial charge in [-0.2, -0.15) is 0 Å². The minimum Gasteiger partial charge on any atom is -0.310 e. The molecule has 2 nitrogen and oxygen atoms in total. The average molecular weight is 290 g/mol. The van der Waals surface area contributed by atoms with Crippen LogP contribution in [0, 0.1) is 11.6 Å². The molecule has 0 fully saturated rings. The normalized spacial score (nSPS) is 12.4. The molecule has 0 saturated carbocycles. The lowest BCUT2D eigenvalue weighted by Crippen LogP contribution is -2.23. The quantitative estimate of drug-likeness (QED) is 0.875. The van der Waals surface area contributed by atoms with Gasteiger partial charge in [-0.25, -0.2) is 8.78 Å². The summed E-state index contributed by atoms with van der Waals surface area (Å²) in [5.74, 6) is -1.64. The van der Waals surface area contributed by atoms with Gasteiger partial charge < -0.3 is 5.32 Å². The summed E-state index contributed by atoms with van der Waals surface area (Å²) in [5, 5.41) is 3.29. The lowest BCUT2D eigenvalue weighted by atomic mass is 10.0. The molecule has 4 heteroatoms. The lowest BCUT2D eigenvalue weighted by molar-refractivity contribution is 0.496. The highest BCUT2D eigenvalue weighted by molar-refractivity contribution is 5.24. The van der Waals surface area contributed by atoms with E-state index in [0.29, 0.717) is 6.42 Å². The molecule has 0 aliphatic rings. The lowest BCUT2D eigenvalue weighted by Gasteiger charge is -2.18. The Morgan fingerprint density at radius 2 is 1.90 bits per heavy atom. The fourth-order valence-electron chi connectivity index (χ4n) is 2.28. The molecular weight excluding hydrogens is 270 g/mol. The third-order valence-electron chi connectivity index (χ3n) is 3.50. The summed E-state index contributed by atoms with van der Waals surface area (Å²) in [4.78, 5) is 4.43. The van der Waals surface area contributed by atoms with Crippen LogP contribution in [-0.4, -0.2) is 11.5 Å². The van der Waals surface area contributed by atoms with Crippen LogP contribution in [0.2, 0.25) is 0 Å². The fraction of sp³-hybridized carbons (Fsp3) is 0.353. The third-order valence-corrected chi connectivity index (χ3v) is 3.50. The van der Waals surface area contributed by atoms with Crippen molar-refractivity contribution in [3.05, 3.63) is 65.0 Å². The number of rotatable bonds is 6. The smallest absolute Gasteiger partial charge is 0.159 e. The predicted octanol–water partition coefficient (Wildman–Crippen LogP) is 3.82. The molecule has 0 aliphatic heterocycles. The first-order chi connectivity index (χ1) is 10.1. The number of hydrogen-bond donors (Lipinski definition) is 1. The SMILES string of the molecule is CCNC(Cc1ccc(CC)cn1)c1ccc(F)c(F)c1. The minimum absolute atomic E-state index is 0.0786. The number of nitrogens with zero attached hydrogens (tertiary/aromatic N) is 1. The van der Waals surface area contributed by atoms with Crippen LogP contribution < -0.4 is 5.32 Å². The molecular formula is C17H20F2N2. The van der Waals surface area contributed by atoms with Crippen molar-refractivity contribution in [2.75, 3.05) is 6.54 Å². The molecule has 0 spiro atoms. The van der Waals surface area contributed by atoms with Gasteiger partial charge in [-0.1, -0.05) is 26.0 Å². The van der Waals surface area contributed by atoms with E-state index < -0.39 is 11.6 Å². The maximum atomic E-state index is 13.4. The predicted molar refractivity (Wildman–Crippen MR) is 80.1 cm³/mol. The molecule has 1 unspecified atom stereocenters. The zero-order valence-corrected chi connectivity index (χ0v) is 12.4. The molecule has 0 radical (unpaired) electrons. The van der Waals surface area contributed by atoms with Gasteiger partial charge in [-0.3, -0.25) is 4.98 Å². The Hall–Kier alpha value is -1.81. The molecule has 1 aromatic carbocycles. The first-order valence-electron chi connectivity index (χ1n) is 7.26. The van der Waals surface area contributed by atoms with Crippen LogP contribution >= 0.6 is 0 Å². The van der Waals surface area contributed by atoms with Gasteiger partial charge >= 0.3 is 0 Å². The molecule has 1 heterocycles. The van der Waals surface area contributed by atoms with E-state index in [-0.39, 0.29) is 6.04 Å². The molecule has 21 heavy (non-hydrogen) atoms. The minimum atomic E-state index is -0.820. The van der Waals surface area contributed by atoms with Crippen molar-refractivity contribution in [3.8, 4) is 0 Å². The number of halogens is 2. The Kier molecular flexibility index (Phi) is 5.39. The van der Waals surface area contributed by atoms with Crippen LogP contribution in [-0.2, 0) is 12.8 Å². The van der Waals surface area contributed by atoms with E-state index in [4.69, 9.17) is 0 Å². The average Bonchev–Trinajstić information content (AvgIpc) is 2.50. The largest absolute Gasteiger partial charge is 0.310 e. The van der Waals surface area contributed by atoms with Crippen molar-refractivity contribution in [1.82, 2.24) is 10.3 Å². The summed E-state index contributed by atoms with van der Waals surface area (Å²) in [6, 6.07) is 8.00. The third kappa shape index (κ3) is 4.08. The highest BCUT2D eigenvalue weighted by Gasteiger charge is 2.14. The molecule has 1 N–H and O–H groups in total. The molecule has 1 atom stereocenters. The van der Waals surface area contributed by atoms with Crippen molar-refractivity contribution >= 4 is 0 Å². The number of likely N-dealkylation sites (N-methyl/N-ethyl adjacent to an activating group) is 1. The van der Waals surface area contributed by atoms with Crippen LogP contribution in [0.1, 0.15) is 36.7 Å². The van der Waals surface area contributed by atoms with Crippen LogP contribution in [0.3, 0.4) is 0 Å². The fourth-order valence-corrected chi connectivity index (χ4v) is 2.28. The summed E-state index contributed by atoms with van der Waals surface area (Å²) in [7, 11) is 0. The highest BCUT2D eigenvalue weighted by atomic mass is 19.2. The van der Waals surface area contributed by atoms with Crippen molar-refractivity contribution in [2.45, 2.75) is 32.7 Å². The number of hydrogen-bond acceptors (Lipinski definition) is 2. The summed E-state index contributed by atoms with van der Waals surface area (Å²) in [6.45, 7) is 4.82. The standard InChI is InChI=1S/C17H20F2N2/c1-3-12-5-7-14(21-11-12)10-17(20-4-2)13-6-8-15(18)16(19)9-13/h5-9,11,17,20H,3-4,10H2,1-2H3. The maximum Gasteiger partial charge on any atom is 0.159 e. The maximum absolute atomic E-state index is 13.4. The monoisotopic (exact) mass is 290 g/mol. The Labute approximate surface area is 124 Å². The first kappa shape index (κ1) is 15.6. The second kappa shape index (κ2) is 7.27. The summed E-state index contributed by atoms with van der Waals surface area (Å²) in [5.41, 5.74) is 2.85. The van der Waals surface area contributed by atoms with E-state index in [0.717, 1.165) is 24.2 Å². The Morgan fingerprint density at radius 3 is 2.48 bits per heavy atom. The molecule has 112 valence electrons. The first-order valence-corrected chi connectivity index (χ1v) is 7.26. The van der Waals surface area contributed by atoms with Crippen LogP contribution in [0.15, 0.2) is 36.5 Å². The van der Waals surface area contributed by atoms with Crippen LogP contribution in [0.25, 0.3) is 0 Å². The van der Waals surface area contributed by atoms with Gasteiger partial charge in [0.1, 0.15) is 0 Å². The summed E-state index contributed by atoms with van der Waals surface area (Å²) in [6.07, 6.45) is 3.46. The van der Waals surface area contributed by atoms with E-state index in [9.17, 15) is 8.78 Å². The Morgan fingerprint density at radius 1 is 1.10 bits per heavy atom. The number of pyridine rings is 1. The Balaban J connectivity index is 2.19. The van der Waals surface area contributed by atoms with Gasteiger partial charge in [-0.15, -0.1) is 0 Å². The van der Waals surface area contributed by atoms with Gasteiger partial charge in [0, 0.05) is 24.4 Å². The van der Waals surface area contributed by atoms with Gasteiger partial charge in [-0.05, 0) is 42.3 Å². The highest BCUT2D eigenvalue weighted by Crippen LogP contribution is 2.20. The molecule has 2 rings (SSSR count). The van der Waals surface area contributed by atoms with Crippen molar-refractivity contribution in [3.63, 3.8) is 0 Å². The van der Waals surface area contributed by atoms with Gasteiger partial charge in [0.05, 0.1) is 0 Å². The molecule has 2 aromatic rings. The Bertz CT molecular complexity index is 582. The number of aryl methyl sites for hydroxylation is 1. The zero-order valence-electron chi connectivity index (χ0n) is 12.4. The van der Waals surface area contributed by atoms with Gasteiger partial charge in [0.2, 0.25) is 0 Å². The van der Waals surface area contributed by atoms with Gasteiger partial charge in [0.25, 0.3) is 0 Å². The summed E-state index contributed by atoms with van der Waals surface area (Å²) >= 11 is 0. The van der Waals surface area contributed by atoms with Crippen LogP contribution in [0.5, 0.6) is 0 Å². The number of nitrogens with one attached hydrogen (secondary N) is 1.